The number of nitrogens with one attached hydrogen (secondary N) is 1. The minimum Gasteiger partial charge on any atom is -0.324 e. The summed E-state index contributed by atoms with van der Waals surface area (Å²) in [5, 5.41) is 1.84. The van der Waals surface area contributed by atoms with Crippen LogP contribution < -0.4 is 5.32 Å². The molecule has 3 amide bonds. The molecule has 3 aromatic rings. The van der Waals surface area contributed by atoms with Gasteiger partial charge in [-0.05, 0) is 73.6 Å². The van der Waals surface area contributed by atoms with Gasteiger partial charge < -0.3 is 9.88 Å². The molecule has 2 heterocycles. The zero-order valence-corrected chi connectivity index (χ0v) is 19.3. The monoisotopic (exact) mass is 483 g/mol. The quantitative estimate of drug-likeness (QED) is 0.482. The van der Waals surface area contributed by atoms with Crippen molar-refractivity contribution in [2.45, 2.75) is 13.8 Å². The zero-order valence-electron chi connectivity index (χ0n) is 17.8. The molecule has 1 aliphatic rings. The lowest BCUT2D eigenvalue weighted by molar-refractivity contribution is -0.127. The van der Waals surface area contributed by atoms with Crippen LogP contribution in [0.25, 0.3) is 11.8 Å². The van der Waals surface area contributed by atoms with Gasteiger partial charge in [-0.1, -0.05) is 29.8 Å². The molecular weight excluding hydrogens is 465 g/mol. The Morgan fingerprint density at radius 1 is 1.12 bits per heavy atom. The van der Waals surface area contributed by atoms with E-state index in [0.717, 1.165) is 45.4 Å². The second kappa shape index (κ2) is 9.25. The highest BCUT2D eigenvalue weighted by molar-refractivity contribution is 8.18. The van der Waals surface area contributed by atoms with Gasteiger partial charge in [0.15, 0.2) is 0 Å². The van der Waals surface area contributed by atoms with Gasteiger partial charge in [0.05, 0.1) is 9.93 Å². The largest absolute Gasteiger partial charge is 0.324 e. The summed E-state index contributed by atoms with van der Waals surface area (Å²) >= 11 is 6.50. The zero-order chi connectivity index (χ0) is 23.7. The van der Waals surface area contributed by atoms with E-state index < -0.39 is 29.4 Å². The van der Waals surface area contributed by atoms with Gasteiger partial charge in [-0.15, -0.1) is 0 Å². The number of rotatable bonds is 5. The third kappa shape index (κ3) is 4.72. The Morgan fingerprint density at radius 3 is 2.55 bits per heavy atom. The van der Waals surface area contributed by atoms with E-state index in [1.807, 2.05) is 50.2 Å². The van der Waals surface area contributed by atoms with Crippen molar-refractivity contribution in [3.05, 3.63) is 87.3 Å². The van der Waals surface area contributed by atoms with E-state index in [2.05, 4.69) is 9.88 Å². The van der Waals surface area contributed by atoms with Crippen LogP contribution in [0.3, 0.4) is 0 Å². The Balaban J connectivity index is 1.51. The topological polar surface area (TPSA) is 71.4 Å². The lowest BCUT2D eigenvalue weighted by Gasteiger charge is -2.12. The second-order valence-electron chi connectivity index (χ2n) is 7.44. The molecule has 0 unspecified atom stereocenters. The maximum Gasteiger partial charge on any atom is 0.294 e. The maximum absolute atomic E-state index is 13.3. The van der Waals surface area contributed by atoms with Crippen molar-refractivity contribution in [3.8, 4) is 5.69 Å². The second-order valence-corrected chi connectivity index (χ2v) is 8.84. The number of hydrogen-bond acceptors (Lipinski definition) is 4. The molecule has 168 valence electrons. The fraction of sp³-hybridized carbons (Fsp3) is 0.125. The predicted molar refractivity (Wildman–Crippen MR) is 128 cm³/mol. The van der Waals surface area contributed by atoms with Crippen LogP contribution in [-0.2, 0) is 9.59 Å². The molecule has 0 bridgehead atoms. The predicted octanol–water partition coefficient (Wildman–Crippen LogP) is 5.56. The van der Waals surface area contributed by atoms with Gasteiger partial charge in [0.2, 0.25) is 5.91 Å². The van der Waals surface area contributed by atoms with E-state index in [1.54, 1.807) is 6.08 Å². The number of hydrogen-bond donors (Lipinski definition) is 1. The number of anilines is 1. The third-order valence-corrected chi connectivity index (χ3v) is 6.35. The van der Waals surface area contributed by atoms with Crippen molar-refractivity contribution in [1.82, 2.24) is 9.47 Å². The van der Waals surface area contributed by atoms with Crippen LogP contribution in [0, 0.1) is 19.7 Å². The van der Waals surface area contributed by atoms with Crippen LogP contribution in [0.15, 0.2) is 59.5 Å². The molecule has 0 atom stereocenters. The van der Waals surface area contributed by atoms with Crippen molar-refractivity contribution in [2.75, 3.05) is 11.9 Å². The summed E-state index contributed by atoms with van der Waals surface area (Å²) in [6, 6.07) is 15.5. The number of carbonyl (C=O) groups excluding carboxylic acids is 3. The van der Waals surface area contributed by atoms with Gasteiger partial charge in [0, 0.05) is 22.8 Å². The van der Waals surface area contributed by atoms with Crippen molar-refractivity contribution in [1.29, 1.82) is 0 Å². The van der Waals surface area contributed by atoms with Gasteiger partial charge in [0.1, 0.15) is 12.4 Å². The van der Waals surface area contributed by atoms with E-state index >= 15 is 0 Å². The fourth-order valence-electron chi connectivity index (χ4n) is 3.60. The minimum atomic E-state index is -0.614. The van der Waals surface area contributed by atoms with Crippen LogP contribution in [0.1, 0.15) is 17.0 Å². The van der Waals surface area contributed by atoms with E-state index in [-0.39, 0.29) is 15.6 Å². The Kier molecular flexibility index (Phi) is 6.40. The Morgan fingerprint density at radius 2 is 1.85 bits per heavy atom. The molecule has 0 saturated carbocycles. The summed E-state index contributed by atoms with van der Waals surface area (Å²) in [5.41, 5.74) is 3.99. The number of benzene rings is 2. The van der Waals surface area contributed by atoms with Crippen LogP contribution in [0.4, 0.5) is 14.9 Å². The molecule has 1 aromatic heterocycles. The molecule has 33 heavy (non-hydrogen) atoms. The fourth-order valence-corrected chi connectivity index (χ4v) is 4.61. The molecule has 0 spiro atoms. The summed E-state index contributed by atoms with van der Waals surface area (Å²) < 4.78 is 15.4. The lowest BCUT2D eigenvalue weighted by atomic mass is 10.2. The van der Waals surface area contributed by atoms with Gasteiger partial charge in [-0.25, -0.2) is 4.39 Å². The van der Waals surface area contributed by atoms with Crippen LogP contribution in [0.5, 0.6) is 0 Å². The third-order valence-electron chi connectivity index (χ3n) is 5.15. The van der Waals surface area contributed by atoms with E-state index in [0.29, 0.717) is 0 Å². The number of nitrogens with zero attached hydrogens (tertiary/aromatic N) is 2. The van der Waals surface area contributed by atoms with Crippen molar-refractivity contribution < 1.29 is 18.8 Å². The molecule has 0 aliphatic carbocycles. The number of imide groups is 1. The molecule has 2 aromatic carbocycles. The molecule has 0 radical (unpaired) electrons. The molecule has 1 fully saturated rings. The Hall–Kier alpha value is -3.36. The first kappa shape index (κ1) is 22.8. The summed E-state index contributed by atoms with van der Waals surface area (Å²) in [6.07, 6.45) is 1.67. The van der Waals surface area contributed by atoms with Crippen LogP contribution in [0.2, 0.25) is 5.02 Å². The van der Waals surface area contributed by atoms with Crippen molar-refractivity contribution >= 4 is 52.2 Å². The van der Waals surface area contributed by atoms with E-state index in [1.165, 1.54) is 12.1 Å². The Bertz CT molecular complexity index is 1300. The first-order valence-corrected chi connectivity index (χ1v) is 11.2. The molecule has 6 nitrogen and oxygen atoms in total. The van der Waals surface area contributed by atoms with E-state index in [4.69, 9.17) is 11.6 Å². The molecule has 1 N–H and O–H groups in total. The number of thioether (sulfide) groups is 1. The summed E-state index contributed by atoms with van der Waals surface area (Å²) in [7, 11) is 0. The first-order chi connectivity index (χ1) is 15.7. The number of halogens is 2. The molecular formula is C24H19ClFN3O3S. The highest BCUT2D eigenvalue weighted by atomic mass is 35.5. The number of amides is 3. The van der Waals surface area contributed by atoms with Gasteiger partial charge in [-0.2, -0.15) is 0 Å². The summed E-state index contributed by atoms with van der Waals surface area (Å²) in [6.45, 7) is 3.45. The number of carbonyl (C=O) groups is 3. The molecule has 4 rings (SSSR count). The van der Waals surface area contributed by atoms with Crippen LogP contribution in [-0.4, -0.2) is 33.1 Å². The SMILES string of the molecule is Cc1cc(/C=C2/SC(=O)N(CC(=O)Nc3ccc(F)c(Cl)c3)C2=O)c(C)n1-c1ccccc1. The van der Waals surface area contributed by atoms with Crippen LogP contribution >= 0.6 is 23.4 Å². The van der Waals surface area contributed by atoms with Gasteiger partial charge in [0.25, 0.3) is 11.1 Å². The summed E-state index contributed by atoms with van der Waals surface area (Å²) in [5.74, 6) is -1.75. The minimum absolute atomic E-state index is 0.144. The first-order valence-electron chi connectivity index (χ1n) is 9.99. The Labute approximate surface area is 199 Å². The highest BCUT2D eigenvalue weighted by Crippen LogP contribution is 2.33. The lowest BCUT2D eigenvalue weighted by Crippen LogP contribution is -2.36. The smallest absolute Gasteiger partial charge is 0.294 e. The van der Waals surface area contributed by atoms with E-state index in [9.17, 15) is 18.8 Å². The molecule has 1 saturated heterocycles. The maximum atomic E-state index is 13.3. The molecule has 1 aliphatic heterocycles. The molecule has 9 heteroatoms. The highest BCUT2D eigenvalue weighted by Gasteiger charge is 2.36. The average Bonchev–Trinajstić information content (AvgIpc) is 3.20. The standard InChI is InChI=1S/C24H19ClFN3O3S/c1-14-10-16(15(2)29(14)18-6-4-3-5-7-18)11-21-23(31)28(24(32)33-21)13-22(30)27-17-8-9-20(26)19(25)12-17/h3-12H,13H2,1-2H3,(H,27,30)/b21-11+. The van der Waals surface area contributed by atoms with Gasteiger partial charge >= 0.3 is 0 Å². The van der Waals surface area contributed by atoms with Crippen molar-refractivity contribution in [3.63, 3.8) is 0 Å². The van der Waals surface area contributed by atoms with Crippen molar-refractivity contribution in [2.24, 2.45) is 0 Å². The average molecular weight is 484 g/mol. The number of aromatic nitrogens is 1. The number of para-hydroxylation sites is 1. The van der Waals surface area contributed by atoms with Gasteiger partial charge in [-0.3, -0.25) is 19.3 Å². The normalized spacial score (nSPS) is 14.9. The number of aryl methyl sites for hydroxylation is 1. The summed E-state index contributed by atoms with van der Waals surface area (Å²) in [4.78, 5) is 38.7.